The molecule has 0 fully saturated rings. The molecule has 1 heterocycles. The van der Waals surface area contributed by atoms with Gasteiger partial charge in [0.25, 0.3) is 5.91 Å². The van der Waals surface area contributed by atoms with Crippen LogP contribution in [0.25, 0.3) is 21.8 Å². The number of rotatable bonds is 6. The molecule has 0 aliphatic rings. The maximum atomic E-state index is 12.5. The van der Waals surface area contributed by atoms with E-state index in [0.717, 1.165) is 28.5 Å². The molecule has 3 aromatic carbocycles. The molecule has 0 atom stereocenters. The Morgan fingerprint density at radius 2 is 1.61 bits per heavy atom. The van der Waals surface area contributed by atoms with Crippen molar-refractivity contribution in [2.24, 2.45) is 5.10 Å². The van der Waals surface area contributed by atoms with Crippen LogP contribution in [0, 0.1) is 0 Å². The van der Waals surface area contributed by atoms with Crippen molar-refractivity contribution in [2.45, 2.75) is 26.8 Å². The van der Waals surface area contributed by atoms with Crippen LogP contribution in [0.4, 0.5) is 5.69 Å². The predicted molar refractivity (Wildman–Crippen MR) is 125 cm³/mol. The summed E-state index contributed by atoms with van der Waals surface area (Å²) in [7, 11) is 0. The van der Waals surface area contributed by atoms with Crippen molar-refractivity contribution in [3.63, 3.8) is 0 Å². The molecule has 0 aliphatic carbocycles. The number of benzene rings is 3. The highest BCUT2D eigenvalue weighted by atomic mass is 16.2. The predicted octanol–water partition coefficient (Wildman–Crippen LogP) is 4.95. The second-order valence-electron chi connectivity index (χ2n) is 7.37. The van der Waals surface area contributed by atoms with Crippen LogP contribution in [0.3, 0.4) is 0 Å². The van der Waals surface area contributed by atoms with Gasteiger partial charge in [-0.1, -0.05) is 36.4 Å². The number of nitrogens with one attached hydrogen (secondary N) is 2. The molecule has 4 aromatic rings. The monoisotopic (exact) mass is 412 g/mol. The molecule has 31 heavy (non-hydrogen) atoms. The number of carbonyl (C=O) groups is 2. The Bertz CT molecular complexity index is 1290. The number of hydrogen-bond donors (Lipinski definition) is 2. The minimum Gasteiger partial charge on any atom is -0.341 e. The van der Waals surface area contributed by atoms with Gasteiger partial charge in [-0.05, 0) is 50.2 Å². The molecule has 4 rings (SSSR count). The molecular weight excluding hydrogens is 388 g/mol. The van der Waals surface area contributed by atoms with Crippen LogP contribution in [0.15, 0.2) is 77.9 Å². The van der Waals surface area contributed by atoms with E-state index in [-0.39, 0.29) is 18.2 Å². The SMILES string of the molecule is CCn1c2ccccc2c2cc(NC(=O)C/C(C)=N\NC(=O)c3ccccc3)ccc21. The van der Waals surface area contributed by atoms with Gasteiger partial charge in [-0.3, -0.25) is 9.59 Å². The third-order valence-corrected chi connectivity index (χ3v) is 5.17. The lowest BCUT2D eigenvalue weighted by Gasteiger charge is -2.07. The normalized spacial score (nSPS) is 11.6. The van der Waals surface area contributed by atoms with Crippen molar-refractivity contribution < 1.29 is 9.59 Å². The van der Waals surface area contributed by atoms with E-state index < -0.39 is 0 Å². The lowest BCUT2D eigenvalue weighted by atomic mass is 10.1. The summed E-state index contributed by atoms with van der Waals surface area (Å²) < 4.78 is 2.27. The number of amides is 2. The van der Waals surface area contributed by atoms with Gasteiger partial charge in [-0.25, -0.2) is 5.43 Å². The third kappa shape index (κ3) is 4.33. The van der Waals surface area contributed by atoms with Crippen LogP contribution in [-0.4, -0.2) is 22.1 Å². The van der Waals surface area contributed by atoms with Crippen LogP contribution >= 0.6 is 0 Å². The lowest BCUT2D eigenvalue weighted by Crippen LogP contribution is -2.21. The fourth-order valence-electron chi connectivity index (χ4n) is 3.75. The van der Waals surface area contributed by atoms with Crippen molar-refractivity contribution in [2.75, 3.05) is 5.32 Å². The van der Waals surface area contributed by atoms with Crippen LogP contribution in [0.1, 0.15) is 30.6 Å². The number of para-hydroxylation sites is 1. The Labute approximate surface area is 180 Å². The number of fused-ring (bicyclic) bond motifs is 3. The Morgan fingerprint density at radius 3 is 2.39 bits per heavy atom. The van der Waals surface area contributed by atoms with E-state index in [1.807, 2.05) is 36.4 Å². The van der Waals surface area contributed by atoms with Gasteiger partial charge in [-0.15, -0.1) is 0 Å². The third-order valence-electron chi connectivity index (χ3n) is 5.17. The van der Waals surface area contributed by atoms with E-state index in [4.69, 9.17) is 0 Å². The van der Waals surface area contributed by atoms with Gasteiger partial charge in [-0.2, -0.15) is 5.10 Å². The first-order valence-electron chi connectivity index (χ1n) is 10.3. The standard InChI is InChI=1S/C25H24N4O2/c1-3-29-22-12-8-7-11-20(22)21-16-19(13-14-23(21)29)26-24(30)15-17(2)27-28-25(31)18-9-5-4-6-10-18/h4-14,16H,3,15H2,1-2H3,(H,26,30)(H,28,31)/b27-17-. The molecule has 6 nitrogen and oxygen atoms in total. The number of nitrogens with zero attached hydrogens (tertiary/aromatic N) is 2. The molecular formula is C25H24N4O2. The molecule has 0 aliphatic heterocycles. The fraction of sp³-hybridized carbons (Fsp3) is 0.160. The molecule has 1 aromatic heterocycles. The number of aromatic nitrogens is 1. The lowest BCUT2D eigenvalue weighted by molar-refractivity contribution is -0.115. The number of carbonyl (C=O) groups excluding carboxylic acids is 2. The molecule has 2 amide bonds. The highest BCUT2D eigenvalue weighted by Crippen LogP contribution is 2.30. The maximum absolute atomic E-state index is 12.5. The minimum atomic E-state index is -0.307. The van der Waals surface area contributed by atoms with Crippen molar-refractivity contribution in [1.29, 1.82) is 0 Å². The number of aryl methyl sites for hydroxylation is 1. The van der Waals surface area contributed by atoms with Gasteiger partial charge < -0.3 is 9.88 Å². The quantitative estimate of drug-likeness (QED) is 0.347. The van der Waals surface area contributed by atoms with Crippen LogP contribution < -0.4 is 10.7 Å². The minimum absolute atomic E-state index is 0.0871. The van der Waals surface area contributed by atoms with Crippen molar-refractivity contribution in [1.82, 2.24) is 9.99 Å². The topological polar surface area (TPSA) is 75.5 Å². The van der Waals surface area contributed by atoms with E-state index in [9.17, 15) is 9.59 Å². The van der Waals surface area contributed by atoms with E-state index in [1.165, 1.54) is 5.52 Å². The summed E-state index contributed by atoms with van der Waals surface area (Å²) in [6.07, 6.45) is 0.0871. The highest BCUT2D eigenvalue weighted by Gasteiger charge is 2.11. The zero-order valence-corrected chi connectivity index (χ0v) is 17.6. The zero-order valence-electron chi connectivity index (χ0n) is 17.6. The maximum Gasteiger partial charge on any atom is 0.271 e. The van der Waals surface area contributed by atoms with Crippen molar-refractivity contribution in [3.05, 3.63) is 78.4 Å². The molecule has 2 N–H and O–H groups in total. The number of anilines is 1. The van der Waals surface area contributed by atoms with E-state index in [0.29, 0.717) is 11.3 Å². The summed E-state index contributed by atoms with van der Waals surface area (Å²) in [5, 5.41) is 9.25. The first-order chi connectivity index (χ1) is 15.1. The highest BCUT2D eigenvalue weighted by molar-refractivity contribution is 6.11. The van der Waals surface area contributed by atoms with Gasteiger partial charge in [0.1, 0.15) is 0 Å². The van der Waals surface area contributed by atoms with E-state index in [2.05, 4.69) is 39.5 Å². The van der Waals surface area contributed by atoms with Gasteiger partial charge in [0, 0.05) is 45.3 Å². The Balaban J connectivity index is 1.46. The van der Waals surface area contributed by atoms with Crippen molar-refractivity contribution >= 4 is 45.0 Å². The second kappa shape index (κ2) is 8.83. The summed E-state index contributed by atoms with van der Waals surface area (Å²) in [5.41, 5.74) is 6.58. The average molecular weight is 412 g/mol. The van der Waals surface area contributed by atoms with Gasteiger partial charge >= 0.3 is 0 Å². The number of hydrazone groups is 1. The summed E-state index contributed by atoms with van der Waals surface area (Å²) in [5.74, 6) is -0.494. The first-order valence-corrected chi connectivity index (χ1v) is 10.3. The van der Waals surface area contributed by atoms with E-state index in [1.54, 1.807) is 31.2 Å². The first kappa shape index (κ1) is 20.3. The zero-order chi connectivity index (χ0) is 21.8. The molecule has 0 bridgehead atoms. The molecule has 156 valence electrons. The van der Waals surface area contributed by atoms with Crippen LogP contribution in [0.2, 0.25) is 0 Å². The Morgan fingerprint density at radius 1 is 0.903 bits per heavy atom. The number of hydrogen-bond acceptors (Lipinski definition) is 3. The summed E-state index contributed by atoms with van der Waals surface area (Å²) in [4.78, 5) is 24.6. The average Bonchev–Trinajstić information content (AvgIpc) is 3.11. The largest absolute Gasteiger partial charge is 0.341 e. The van der Waals surface area contributed by atoms with Gasteiger partial charge in [0.2, 0.25) is 5.91 Å². The molecule has 0 spiro atoms. The van der Waals surface area contributed by atoms with Gasteiger partial charge in [0.05, 0.1) is 6.42 Å². The summed E-state index contributed by atoms with van der Waals surface area (Å²) >= 11 is 0. The molecule has 0 radical (unpaired) electrons. The fourth-order valence-corrected chi connectivity index (χ4v) is 3.75. The molecule has 6 heteroatoms. The van der Waals surface area contributed by atoms with E-state index >= 15 is 0 Å². The smallest absolute Gasteiger partial charge is 0.271 e. The van der Waals surface area contributed by atoms with Crippen LogP contribution in [-0.2, 0) is 11.3 Å². The summed E-state index contributed by atoms with van der Waals surface area (Å²) in [6, 6.07) is 23.1. The molecule has 0 unspecified atom stereocenters. The molecule has 0 saturated heterocycles. The van der Waals surface area contributed by atoms with Crippen molar-refractivity contribution in [3.8, 4) is 0 Å². The second-order valence-corrected chi connectivity index (χ2v) is 7.37. The Kier molecular flexibility index (Phi) is 5.80. The Hall–Kier alpha value is -3.93. The summed E-state index contributed by atoms with van der Waals surface area (Å²) in [6.45, 7) is 4.71. The molecule has 0 saturated carbocycles. The van der Waals surface area contributed by atoms with Gasteiger partial charge in [0.15, 0.2) is 0 Å². The van der Waals surface area contributed by atoms with Crippen LogP contribution in [0.5, 0.6) is 0 Å².